The summed E-state index contributed by atoms with van der Waals surface area (Å²) in [6.07, 6.45) is 6.62. The van der Waals surface area contributed by atoms with Gasteiger partial charge < -0.3 is 0 Å². The second-order valence-corrected chi connectivity index (χ2v) is 7.62. The van der Waals surface area contributed by atoms with E-state index in [-0.39, 0.29) is 6.04 Å². The van der Waals surface area contributed by atoms with Crippen molar-refractivity contribution in [1.29, 1.82) is 0 Å². The molecule has 0 heterocycles. The molecule has 0 unspecified atom stereocenters. The molecule has 0 spiro atoms. The number of hydrogen-bond acceptors (Lipinski definition) is 2. The van der Waals surface area contributed by atoms with Crippen molar-refractivity contribution in [3.8, 4) is 0 Å². The zero-order valence-corrected chi connectivity index (χ0v) is 13.5. The number of nitrogens with one attached hydrogen (secondary N) is 1. The van der Waals surface area contributed by atoms with Crippen molar-refractivity contribution in [1.82, 2.24) is 4.72 Å². The lowest BCUT2D eigenvalue weighted by Crippen LogP contribution is -2.34. The first-order valence-electron chi connectivity index (χ1n) is 7.51. The van der Waals surface area contributed by atoms with Crippen LogP contribution >= 0.6 is 0 Å². The van der Waals surface area contributed by atoms with E-state index in [1.165, 1.54) is 12.8 Å². The minimum Gasteiger partial charge on any atom is -0.208 e. The molecule has 3 nitrogen and oxygen atoms in total. The number of rotatable bonds is 3. The average Bonchev–Trinajstić information content (AvgIpc) is 2.63. The third-order valence-corrected chi connectivity index (χ3v) is 6.14. The molecule has 1 N–H and O–H groups in total. The summed E-state index contributed by atoms with van der Waals surface area (Å²) in [7, 11) is -3.40. The second kappa shape index (κ2) is 6.27. The minimum atomic E-state index is -3.40. The summed E-state index contributed by atoms with van der Waals surface area (Å²) in [5.74, 6) is 0. The molecule has 1 fully saturated rings. The van der Waals surface area contributed by atoms with E-state index in [9.17, 15) is 8.42 Å². The van der Waals surface area contributed by atoms with E-state index in [0.29, 0.717) is 4.90 Å². The van der Waals surface area contributed by atoms with Gasteiger partial charge in [-0.25, -0.2) is 13.1 Å². The summed E-state index contributed by atoms with van der Waals surface area (Å²) in [4.78, 5) is 0.435. The van der Waals surface area contributed by atoms with Crippen LogP contribution in [0, 0.1) is 20.8 Å². The molecule has 2 rings (SSSR count). The van der Waals surface area contributed by atoms with E-state index in [1.54, 1.807) is 6.07 Å². The van der Waals surface area contributed by atoms with Gasteiger partial charge in [0.2, 0.25) is 10.0 Å². The van der Waals surface area contributed by atoms with E-state index in [1.807, 2.05) is 26.8 Å². The lowest BCUT2D eigenvalue weighted by Gasteiger charge is -2.18. The Kier molecular flexibility index (Phi) is 4.86. The quantitative estimate of drug-likeness (QED) is 0.866. The molecule has 0 atom stereocenters. The van der Waals surface area contributed by atoms with Gasteiger partial charge in [0.1, 0.15) is 0 Å². The van der Waals surface area contributed by atoms with Crippen molar-refractivity contribution in [3.05, 3.63) is 28.8 Å². The average molecular weight is 295 g/mol. The summed E-state index contributed by atoms with van der Waals surface area (Å²) >= 11 is 0. The fourth-order valence-corrected chi connectivity index (χ4v) is 4.51. The van der Waals surface area contributed by atoms with E-state index >= 15 is 0 Å². The van der Waals surface area contributed by atoms with Crippen molar-refractivity contribution in [2.45, 2.75) is 70.2 Å². The van der Waals surface area contributed by atoms with E-state index in [4.69, 9.17) is 0 Å². The standard InChI is InChI=1S/C16H25NO2S/c1-12-10-11-16(14(3)13(12)2)20(18,19)17-15-8-6-4-5-7-9-15/h10-11,15,17H,4-9H2,1-3H3. The zero-order chi connectivity index (χ0) is 14.8. The van der Waals surface area contributed by atoms with Crippen LogP contribution in [0.25, 0.3) is 0 Å². The highest BCUT2D eigenvalue weighted by Crippen LogP contribution is 2.24. The molecule has 4 heteroatoms. The van der Waals surface area contributed by atoms with Gasteiger partial charge in [-0.2, -0.15) is 0 Å². The lowest BCUT2D eigenvalue weighted by molar-refractivity contribution is 0.509. The van der Waals surface area contributed by atoms with Crippen LogP contribution in [0.5, 0.6) is 0 Å². The third-order valence-electron chi connectivity index (χ3n) is 4.47. The van der Waals surface area contributed by atoms with Crippen molar-refractivity contribution in [2.24, 2.45) is 0 Å². The Balaban J connectivity index is 2.24. The van der Waals surface area contributed by atoms with E-state index in [2.05, 4.69) is 4.72 Å². The van der Waals surface area contributed by atoms with Crippen LogP contribution in [0.1, 0.15) is 55.2 Å². The predicted octanol–water partition coefficient (Wildman–Crippen LogP) is 3.61. The maximum atomic E-state index is 12.6. The minimum absolute atomic E-state index is 0.100. The maximum Gasteiger partial charge on any atom is 0.241 e. The second-order valence-electron chi connectivity index (χ2n) is 5.94. The molecule has 112 valence electrons. The molecular weight excluding hydrogens is 270 g/mol. The molecule has 0 radical (unpaired) electrons. The SMILES string of the molecule is Cc1ccc(S(=O)(=O)NC2CCCCCC2)c(C)c1C. The molecule has 0 aromatic heterocycles. The molecule has 1 aromatic carbocycles. The fraction of sp³-hybridized carbons (Fsp3) is 0.625. The Morgan fingerprint density at radius 3 is 2.15 bits per heavy atom. The van der Waals surface area contributed by atoms with Crippen molar-refractivity contribution in [3.63, 3.8) is 0 Å². The van der Waals surface area contributed by atoms with Crippen LogP contribution in [0.15, 0.2) is 17.0 Å². The van der Waals surface area contributed by atoms with Crippen LogP contribution < -0.4 is 4.72 Å². The number of benzene rings is 1. The van der Waals surface area contributed by atoms with Gasteiger partial charge in [-0.3, -0.25) is 0 Å². The van der Waals surface area contributed by atoms with Gasteiger partial charge in [0.05, 0.1) is 4.90 Å². The molecule has 0 bridgehead atoms. The Morgan fingerprint density at radius 1 is 0.950 bits per heavy atom. The fourth-order valence-electron chi connectivity index (χ4n) is 2.90. The molecule has 20 heavy (non-hydrogen) atoms. The third kappa shape index (κ3) is 3.41. The van der Waals surface area contributed by atoms with Crippen LogP contribution in [0.3, 0.4) is 0 Å². The number of sulfonamides is 1. The predicted molar refractivity (Wildman–Crippen MR) is 82.5 cm³/mol. The zero-order valence-electron chi connectivity index (χ0n) is 12.7. The van der Waals surface area contributed by atoms with Gasteiger partial charge in [0, 0.05) is 6.04 Å². The summed E-state index contributed by atoms with van der Waals surface area (Å²) in [5.41, 5.74) is 3.07. The smallest absolute Gasteiger partial charge is 0.208 e. The normalized spacial score (nSPS) is 17.9. The van der Waals surface area contributed by atoms with Crippen molar-refractivity contribution >= 4 is 10.0 Å². The Hall–Kier alpha value is -0.870. The summed E-state index contributed by atoms with van der Waals surface area (Å²) < 4.78 is 28.1. The molecule has 1 aliphatic rings. The van der Waals surface area contributed by atoms with Crippen molar-refractivity contribution in [2.75, 3.05) is 0 Å². The summed E-state index contributed by atoms with van der Waals surface area (Å²) in [6, 6.07) is 3.73. The van der Waals surface area contributed by atoms with Gasteiger partial charge >= 0.3 is 0 Å². The lowest BCUT2D eigenvalue weighted by atomic mass is 10.1. The highest BCUT2D eigenvalue weighted by Gasteiger charge is 2.23. The molecule has 0 aliphatic heterocycles. The summed E-state index contributed by atoms with van der Waals surface area (Å²) in [5, 5.41) is 0. The number of hydrogen-bond donors (Lipinski definition) is 1. The van der Waals surface area contributed by atoms with Crippen LogP contribution in [0.4, 0.5) is 0 Å². The first-order chi connectivity index (χ1) is 9.42. The topological polar surface area (TPSA) is 46.2 Å². The van der Waals surface area contributed by atoms with Crippen LogP contribution in [0.2, 0.25) is 0 Å². The van der Waals surface area contributed by atoms with Gasteiger partial charge in [-0.15, -0.1) is 0 Å². The molecule has 1 saturated carbocycles. The molecule has 0 amide bonds. The van der Waals surface area contributed by atoms with Gasteiger partial charge in [-0.1, -0.05) is 31.7 Å². The maximum absolute atomic E-state index is 12.6. The summed E-state index contributed by atoms with van der Waals surface area (Å²) in [6.45, 7) is 5.89. The largest absolute Gasteiger partial charge is 0.241 e. The van der Waals surface area contributed by atoms with E-state index in [0.717, 1.165) is 42.4 Å². The van der Waals surface area contributed by atoms with Gasteiger partial charge in [0.15, 0.2) is 0 Å². The first kappa shape index (κ1) is 15.5. The highest BCUT2D eigenvalue weighted by molar-refractivity contribution is 7.89. The van der Waals surface area contributed by atoms with Gasteiger partial charge in [-0.05, 0) is 56.4 Å². The van der Waals surface area contributed by atoms with E-state index < -0.39 is 10.0 Å². The Bertz CT molecular complexity index is 570. The van der Waals surface area contributed by atoms with Gasteiger partial charge in [0.25, 0.3) is 0 Å². The molecule has 1 aliphatic carbocycles. The Labute approximate surface area is 122 Å². The number of aryl methyl sites for hydroxylation is 1. The monoisotopic (exact) mass is 295 g/mol. The molecule has 0 saturated heterocycles. The molecule has 1 aromatic rings. The van der Waals surface area contributed by atoms with Crippen LogP contribution in [-0.2, 0) is 10.0 Å². The Morgan fingerprint density at radius 2 is 1.55 bits per heavy atom. The highest BCUT2D eigenvalue weighted by atomic mass is 32.2. The van der Waals surface area contributed by atoms with Crippen LogP contribution in [-0.4, -0.2) is 14.5 Å². The van der Waals surface area contributed by atoms with Crippen molar-refractivity contribution < 1.29 is 8.42 Å². The molecular formula is C16H25NO2S. The first-order valence-corrected chi connectivity index (χ1v) is 8.99.